The fourth-order valence-corrected chi connectivity index (χ4v) is 2.13. The molecule has 0 aliphatic heterocycles. The van der Waals surface area contributed by atoms with Crippen molar-refractivity contribution in [1.82, 2.24) is 5.32 Å². The first-order valence-electron chi connectivity index (χ1n) is 6.78. The highest BCUT2D eigenvalue weighted by molar-refractivity contribution is 5.89. The van der Waals surface area contributed by atoms with Crippen LogP contribution >= 0.6 is 0 Å². The average molecular weight is 259 g/mol. The first-order valence-corrected chi connectivity index (χ1v) is 6.78. The predicted octanol–water partition coefficient (Wildman–Crippen LogP) is 3.51. The van der Waals surface area contributed by atoms with Crippen LogP contribution in [0.2, 0.25) is 0 Å². The lowest BCUT2D eigenvalue weighted by Gasteiger charge is -2.10. The molecule has 1 amide bonds. The molecule has 102 valence electrons. The fourth-order valence-electron chi connectivity index (χ4n) is 2.13. The summed E-state index contributed by atoms with van der Waals surface area (Å²) in [6.07, 6.45) is 3.02. The van der Waals surface area contributed by atoms with Crippen molar-refractivity contribution >= 4 is 16.9 Å². The van der Waals surface area contributed by atoms with Gasteiger partial charge in [0.05, 0.1) is 12.7 Å². The first kappa shape index (κ1) is 13.7. The molecule has 2 aromatic rings. The maximum atomic E-state index is 11.9. The van der Waals surface area contributed by atoms with Gasteiger partial charge in [0.1, 0.15) is 5.58 Å². The lowest BCUT2D eigenvalue weighted by Crippen LogP contribution is -2.33. The summed E-state index contributed by atoms with van der Waals surface area (Å²) in [5, 5.41) is 4.02. The van der Waals surface area contributed by atoms with Gasteiger partial charge in [-0.3, -0.25) is 4.79 Å². The van der Waals surface area contributed by atoms with E-state index in [2.05, 4.69) is 25.2 Å². The first-order chi connectivity index (χ1) is 9.02. The van der Waals surface area contributed by atoms with Crippen LogP contribution in [0.5, 0.6) is 0 Å². The molecular formula is C16H21NO2. The zero-order valence-corrected chi connectivity index (χ0v) is 12.0. The van der Waals surface area contributed by atoms with Crippen molar-refractivity contribution in [3.8, 4) is 0 Å². The van der Waals surface area contributed by atoms with Crippen LogP contribution in [-0.4, -0.2) is 11.9 Å². The van der Waals surface area contributed by atoms with Crippen molar-refractivity contribution in [1.29, 1.82) is 0 Å². The van der Waals surface area contributed by atoms with Crippen molar-refractivity contribution in [2.75, 3.05) is 0 Å². The maximum Gasteiger partial charge on any atom is 0.224 e. The zero-order valence-electron chi connectivity index (χ0n) is 12.0. The molecule has 3 heteroatoms. The van der Waals surface area contributed by atoms with Gasteiger partial charge in [0.2, 0.25) is 5.91 Å². The molecule has 0 aliphatic rings. The van der Waals surface area contributed by atoms with Gasteiger partial charge in [0.25, 0.3) is 0 Å². The quantitative estimate of drug-likeness (QED) is 0.913. The number of fused-ring (bicyclic) bond motifs is 1. The van der Waals surface area contributed by atoms with E-state index in [0.717, 1.165) is 28.5 Å². The summed E-state index contributed by atoms with van der Waals surface area (Å²) in [6, 6.07) is 4.32. The van der Waals surface area contributed by atoms with Crippen molar-refractivity contribution in [3.63, 3.8) is 0 Å². The highest BCUT2D eigenvalue weighted by atomic mass is 16.3. The van der Waals surface area contributed by atoms with E-state index in [9.17, 15) is 4.79 Å². The normalized spacial score (nSPS) is 12.6. The minimum atomic E-state index is 0.0512. The molecule has 1 N–H and O–H groups in total. The molecule has 0 saturated carbocycles. The van der Waals surface area contributed by atoms with E-state index in [1.807, 2.05) is 19.9 Å². The Morgan fingerprint density at radius 3 is 2.79 bits per heavy atom. The SMILES string of the molecule is CC[C@H](C)NC(=O)Cc1coc2c(C)c(C)ccc12. The topological polar surface area (TPSA) is 42.2 Å². The lowest BCUT2D eigenvalue weighted by atomic mass is 10.0. The third-order valence-electron chi connectivity index (χ3n) is 3.71. The second-order valence-electron chi connectivity index (χ2n) is 5.20. The second kappa shape index (κ2) is 5.47. The van der Waals surface area contributed by atoms with Gasteiger partial charge in [-0.15, -0.1) is 0 Å². The van der Waals surface area contributed by atoms with Crippen LogP contribution in [0.3, 0.4) is 0 Å². The lowest BCUT2D eigenvalue weighted by molar-refractivity contribution is -0.121. The molecule has 1 aromatic heterocycles. The van der Waals surface area contributed by atoms with Crippen molar-refractivity contribution in [3.05, 3.63) is 35.1 Å². The standard InChI is InChI=1S/C16H21NO2/c1-5-11(3)17-15(18)8-13-9-19-16-12(4)10(2)6-7-14(13)16/h6-7,9,11H,5,8H2,1-4H3,(H,17,18)/t11-/m0/s1. The van der Waals surface area contributed by atoms with E-state index < -0.39 is 0 Å². The highest BCUT2D eigenvalue weighted by Gasteiger charge is 2.13. The Kier molecular flexibility index (Phi) is 3.93. The molecule has 0 saturated heterocycles. The number of amides is 1. The molecule has 19 heavy (non-hydrogen) atoms. The van der Waals surface area contributed by atoms with E-state index in [1.165, 1.54) is 5.56 Å². The van der Waals surface area contributed by atoms with Crippen LogP contribution in [0.4, 0.5) is 0 Å². The molecule has 0 spiro atoms. The van der Waals surface area contributed by atoms with Gasteiger partial charge < -0.3 is 9.73 Å². The number of rotatable bonds is 4. The third-order valence-corrected chi connectivity index (χ3v) is 3.71. The highest BCUT2D eigenvalue weighted by Crippen LogP contribution is 2.26. The van der Waals surface area contributed by atoms with Crippen LogP contribution in [0.1, 0.15) is 37.0 Å². The maximum absolute atomic E-state index is 11.9. The molecule has 0 fully saturated rings. The van der Waals surface area contributed by atoms with E-state index in [0.29, 0.717) is 6.42 Å². The van der Waals surface area contributed by atoms with Crippen LogP contribution in [-0.2, 0) is 11.2 Å². The minimum absolute atomic E-state index is 0.0512. The number of hydrogen-bond donors (Lipinski definition) is 1. The van der Waals surface area contributed by atoms with Gasteiger partial charge in [-0.25, -0.2) is 0 Å². The molecule has 0 bridgehead atoms. The molecule has 0 unspecified atom stereocenters. The monoisotopic (exact) mass is 259 g/mol. The number of hydrogen-bond acceptors (Lipinski definition) is 2. The summed E-state index contributed by atoms with van der Waals surface area (Å²) >= 11 is 0. The van der Waals surface area contributed by atoms with Crippen LogP contribution in [0.25, 0.3) is 11.0 Å². The van der Waals surface area contributed by atoms with Crippen molar-refractivity contribution < 1.29 is 9.21 Å². The minimum Gasteiger partial charge on any atom is -0.464 e. The van der Waals surface area contributed by atoms with Crippen LogP contribution < -0.4 is 5.32 Å². The van der Waals surface area contributed by atoms with E-state index in [4.69, 9.17) is 4.42 Å². The van der Waals surface area contributed by atoms with Gasteiger partial charge in [-0.05, 0) is 38.3 Å². The van der Waals surface area contributed by atoms with Gasteiger partial charge >= 0.3 is 0 Å². The number of nitrogens with one attached hydrogen (secondary N) is 1. The molecule has 2 rings (SSSR count). The summed E-state index contributed by atoms with van der Waals surface area (Å²) in [6.45, 7) is 8.18. The van der Waals surface area contributed by atoms with Crippen LogP contribution in [0, 0.1) is 13.8 Å². The van der Waals surface area contributed by atoms with Crippen LogP contribution in [0.15, 0.2) is 22.8 Å². The van der Waals surface area contributed by atoms with E-state index >= 15 is 0 Å². The zero-order chi connectivity index (χ0) is 14.0. The summed E-state index contributed by atoms with van der Waals surface area (Å²) in [4.78, 5) is 11.9. The number of benzene rings is 1. The number of carbonyl (C=O) groups excluding carboxylic acids is 1. The molecule has 3 nitrogen and oxygen atoms in total. The summed E-state index contributed by atoms with van der Waals surface area (Å²) in [5.74, 6) is 0.0512. The molecule has 1 aromatic carbocycles. The largest absolute Gasteiger partial charge is 0.464 e. The molecular weight excluding hydrogens is 238 g/mol. The van der Waals surface area contributed by atoms with Gasteiger partial charge in [-0.2, -0.15) is 0 Å². The van der Waals surface area contributed by atoms with E-state index in [1.54, 1.807) is 6.26 Å². The molecule has 0 radical (unpaired) electrons. The van der Waals surface area contributed by atoms with Crippen molar-refractivity contribution in [2.45, 2.75) is 46.6 Å². The smallest absolute Gasteiger partial charge is 0.224 e. The van der Waals surface area contributed by atoms with Gasteiger partial charge in [0, 0.05) is 17.0 Å². The Balaban J connectivity index is 2.22. The summed E-state index contributed by atoms with van der Waals surface area (Å²) < 4.78 is 5.61. The molecule has 0 aliphatic carbocycles. The Morgan fingerprint density at radius 2 is 2.11 bits per heavy atom. The number of carbonyl (C=O) groups is 1. The predicted molar refractivity (Wildman–Crippen MR) is 77.3 cm³/mol. The Morgan fingerprint density at radius 1 is 1.37 bits per heavy atom. The Bertz CT molecular complexity index is 598. The summed E-state index contributed by atoms with van der Waals surface area (Å²) in [7, 11) is 0. The van der Waals surface area contributed by atoms with Gasteiger partial charge in [0.15, 0.2) is 0 Å². The average Bonchev–Trinajstić information content (AvgIpc) is 2.77. The fraction of sp³-hybridized carbons (Fsp3) is 0.438. The van der Waals surface area contributed by atoms with Crippen molar-refractivity contribution in [2.24, 2.45) is 0 Å². The summed E-state index contributed by atoms with van der Waals surface area (Å²) in [5.41, 5.74) is 4.20. The third kappa shape index (κ3) is 2.80. The van der Waals surface area contributed by atoms with E-state index in [-0.39, 0.29) is 11.9 Å². The number of furan rings is 1. The Hall–Kier alpha value is -1.77. The van der Waals surface area contributed by atoms with Gasteiger partial charge in [-0.1, -0.05) is 19.1 Å². The molecule has 1 heterocycles. The number of aryl methyl sites for hydroxylation is 2. The Labute approximate surface area is 114 Å². The molecule has 1 atom stereocenters. The second-order valence-corrected chi connectivity index (χ2v) is 5.20.